The van der Waals surface area contributed by atoms with Crippen LogP contribution < -0.4 is 10.2 Å². The number of hydrogen-bond acceptors (Lipinski definition) is 3. The minimum Gasteiger partial charge on any atom is -0.497 e. The van der Waals surface area contributed by atoms with Gasteiger partial charge in [-0.15, -0.1) is 0 Å². The average molecular weight is 265 g/mol. The van der Waals surface area contributed by atoms with Gasteiger partial charge in [0.05, 0.1) is 12.1 Å². The topological polar surface area (TPSA) is 49.7 Å². The highest BCUT2D eigenvalue weighted by molar-refractivity contribution is 9.10. The maximum Gasteiger partial charge on any atom is 0.493 e. The Kier molecular flexibility index (Phi) is 3.61. The molecule has 0 saturated carbocycles. The molecule has 0 radical (unpaired) electrons. The highest BCUT2D eigenvalue weighted by Crippen LogP contribution is 2.24. The smallest absolute Gasteiger partial charge is 0.493 e. The van der Waals surface area contributed by atoms with Crippen LogP contribution in [0.4, 0.5) is 0 Å². The van der Waals surface area contributed by atoms with Gasteiger partial charge in [-0.25, -0.2) is 0 Å². The molecule has 0 saturated heterocycles. The van der Waals surface area contributed by atoms with E-state index in [1.807, 2.05) is 0 Å². The molecule has 0 bridgehead atoms. The zero-order chi connectivity index (χ0) is 10.0. The van der Waals surface area contributed by atoms with E-state index in [-0.39, 0.29) is 10.5 Å². The lowest BCUT2D eigenvalue weighted by atomic mass is 9.79. The SMILES string of the molecule is COc1ccc(Br)c(Cl)c1B(O)O. The van der Waals surface area contributed by atoms with E-state index < -0.39 is 7.12 Å². The lowest BCUT2D eigenvalue weighted by Crippen LogP contribution is -2.32. The summed E-state index contributed by atoms with van der Waals surface area (Å²) < 4.78 is 5.51. The van der Waals surface area contributed by atoms with Gasteiger partial charge in [0.1, 0.15) is 5.75 Å². The van der Waals surface area contributed by atoms with Gasteiger partial charge in [0, 0.05) is 9.94 Å². The minimum atomic E-state index is -1.64. The van der Waals surface area contributed by atoms with Crippen molar-refractivity contribution >= 4 is 40.1 Å². The van der Waals surface area contributed by atoms with Crippen LogP contribution in [0.25, 0.3) is 0 Å². The van der Waals surface area contributed by atoms with Crippen LogP contribution >= 0.6 is 27.5 Å². The van der Waals surface area contributed by atoms with E-state index >= 15 is 0 Å². The van der Waals surface area contributed by atoms with Gasteiger partial charge in [-0.1, -0.05) is 11.6 Å². The predicted molar refractivity (Wildman–Crippen MR) is 55.5 cm³/mol. The normalized spacial score (nSPS) is 9.92. The van der Waals surface area contributed by atoms with Crippen molar-refractivity contribution < 1.29 is 14.8 Å². The van der Waals surface area contributed by atoms with Gasteiger partial charge in [0.2, 0.25) is 0 Å². The first kappa shape index (κ1) is 10.9. The second-order valence-electron chi connectivity index (χ2n) is 2.35. The molecular weight excluding hydrogens is 258 g/mol. The van der Waals surface area contributed by atoms with E-state index in [2.05, 4.69) is 15.9 Å². The quantitative estimate of drug-likeness (QED) is 0.777. The molecule has 1 rings (SSSR count). The van der Waals surface area contributed by atoms with Crippen LogP contribution in [-0.2, 0) is 0 Å². The summed E-state index contributed by atoms with van der Waals surface area (Å²) in [5.41, 5.74) is 0.165. The van der Waals surface area contributed by atoms with Crippen LogP contribution in [0.5, 0.6) is 5.75 Å². The zero-order valence-corrected chi connectivity index (χ0v) is 9.13. The molecule has 0 atom stereocenters. The Hall–Kier alpha value is -0.225. The highest BCUT2D eigenvalue weighted by atomic mass is 79.9. The second kappa shape index (κ2) is 4.33. The fourth-order valence-corrected chi connectivity index (χ4v) is 1.57. The van der Waals surface area contributed by atoms with E-state index in [1.54, 1.807) is 12.1 Å². The van der Waals surface area contributed by atoms with Crippen molar-refractivity contribution in [2.45, 2.75) is 0 Å². The summed E-state index contributed by atoms with van der Waals surface area (Å²) >= 11 is 8.99. The molecule has 1 aromatic carbocycles. The Bertz CT molecular complexity index is 319. The summed E-state index contributed by atoms with van der Waals surface area (Å²) in [4.78, 5) is 0. The maximum absolute atomic E-state index is 9.01. The summed E-state index contributed by atoms with van der Waals surface area (Å²) in [5, 5.41) is 18.3. The van der Waals surface area contributed by atoms with E-state index in [1.165, 1.54) is 7.11 Å². The fourth-order valence-electron chi connectivity index (χ4n) is 0.967. The molecule has 13 heavy (non-hydrogen) atoms. The van der Waals surface area contributed by atoms with Crippen molar-refractivity contribution in [1.82, 2.24) is 0 Å². The van der Waals surface area contributed by atoms with E-state index in [0.717, 1.165) is 0 Å². The number of ether oxygens (including phenoxy) is 1. The Labute approximate surface area is 89.6 Å². The van der Waals surface area contributed by atoms with Crippen molar-refractivity contribution in [2.75, 3.05) is 7.11 Å². The third kappa shape index (κ3) is 2.17. The van der Waals surface area contributed by atoms with Crippen molar-refractivity contribution in [3.63, 3.8) is 0 Å². The van der Waals surface area contributed by atoms with Crippen molar-refractivity contribution in [3.8, 4) is 5.75 Å². The van der Waals surface area contributed by atoms with Crippen LogP contribution in [-0.4, -0.2) is 24.3 Å². The largest absolute Gasteiger partial charge is 0.497 e. The minimum absolute atomic E-state index is 0.165. The number of halogens is 2. The lowest BCUT2D eigenvalue weighted by molar-refractivity contribution is 0.403. The summed E-state index contributed by atoms with van der Waals surface area (Å²) in [6, 6.07) is 3.28. The Morgan fingerprint density at radius 2 is 2.08 bits per heavy atom. The predicted octanol–water partition coefficient (Wildman–Crippen LogP) is 0.791. The fraction of sp³-hybridized carbons (Fsp3) is 0.143. The Morgan fingerprint density at radius 3 is 2.54 bits per heavy atom. The number of benzene rings is 1. The zero-order valence-electron chi connectivity index (χ0n) is 6.79. The van der Waals surface area contributed by atoms with Gasteiger partial charge in [-0.2, -0.15) is 0 Å². The van der Waals surface area contributed by atoms with Gasteiger partial charge in [0.25, 0.3) is 0 Å². The lowest BCUT2D eigenvalue weighted by Gasteiger charge is -2.10. The first-order valence-electron chi connectivity index (χ1n) is 3.46. The molecule has 70 valence electrons. The van der Waals surface area contributed by atoms with Crippen LogP contribution in [0, 0.1) is 0 Å². The Balaban J connectivity index is 3.32. The molecule has 0 fully saturated rings. The molecule has 3 nitrogen and oxygen atoms in total. The third-order valence-electron chi connectivity index (χ3n) is 1.57. The molecule has 6 heteroatoms. The van der Waals surface area contributed by atoms with E-state index in [4.69, 9.17) is 26.4 Å². The molecular formula is C7H7BBrClO3. The van der Waals surface area contributed by atoms with E-state index in [0.29, 0.717) is 10.2 Å². The van der Waals surface area contributed by atoms with Gasteiger partial charge in [-0.3, -0.25) is 0 Å². The molecule has 0 aliphatic heterocycles. The molecule has 0 spiro atoms. The van der Waals surface area contributed by atoms with Crippen molar-refractivity contribution in [3.05, 3.63) is 21.6 Å². The third-order valence-corrected chi connectivity index (χ3v) is 2.87. The van der Waals surface area contributed by atoms with Gasteiger partial charge in [-0.05, 0) is 28.1 Å². The monoisotopic (exact) mass is 264 g/mol. The average Bonchev–Trinajstić information content (AvgIpc) is 2.08. The summed E-state index contributed by atoms with van der Waals surface area (Å²) in [6.45, 7) is 0. The van der Waals surface area contributed by atoms with Crippen molar-refractivity contribution in [2.24, 2.45) is 0 Å². The molecule has 0 aromatic heterocycles. The number of hydrogen-bond donors (Lipinski definition) is 2. The summed E-state index contributed by atoms with van der Waals surface area (Å²) in [6.07, 6.45) is 0. The molecule has 0 aliphatic carbocycles. The number of methoxy groups -OCH3 is 1. The Morgan fingerprint density at radius 1 is 1.46 bits per heavy atom. The maximum atomic E-state index is 9.01. The first-order chi connectivity index (χ1) is 6.07. The molecule has 0 unspecified atom stereocenters. The molecule has 0 amide bonds. The first-order valence-corrected chi connectivity index (χ1v) is 4.63. The van der Waals surface area contributed by atoms with Crippen LogP contribution in [0.1, 0.15) is 0 Å². The second-order valence-corrected chi connectivity index (χ2v) is 3.58. The van der Waals surface area contributed by atoms with E-state index in [9.17, 15) is 0 Å². The molecule has 2 N–H and O–H groups in total. The molecule has 1 aromatic rings. The molecule has 0 heterocycles. The molecule has 0 aliphatic rings. The van der Waals surface area contributed by atoms with Gasteiger partial charge < -0.3 is 14.8 Å². The van der Waals surface area contributed by atoms with Crippen LogP contribution in [0.2, 0.25) is 5.02 Å². The summed E-state index contributed by atoms with van der Waals surface area (Å²) in [7, 11) is -0.203. The van der Waals surface area contributed by atoms with Crippen LogP contribution in [0.3, 0.4) is 0 Å². The van der Waals surface area contributed by atoms with Gasteiger partial charge >= 0.3 is 7.12 Å². The van der Waals surface area contributed by atoms with Crippen LogP contribution in [0.15, 0.2) is 16.6 Å². The standard InChI is InChI=1S/C7H7BBrClO3/c1-13-5-3-2-4(9)7(10)6(5)8(11)12/h2-3,11-12H,1H3. The van der Waals surface area contributed by atoms with Gasteiger partial charge in [0.15, 0.2) is 0 Å². The highest BCUT2D eigenvalue weighted by Gasteiger charge is 2.22. The summed E-state index contributed by atoms with van der Waals surface area (Å²) in [5.74, 6) is 0.350. The van der Waals surface area contributed by atoms with Crippen molar-refractivity contribution in [1.29, 1.82) is 0 Å². The number of rotatable bonds is 2.